The van der Waals surface area contributed by atoms with E-state index in [0.717, 1.165) is 0 Å². The highest BCUT2D eigenvalue weighted by Gasteiger charge is 2.70. The molecule has 0 aromatic rings. The quantitative estimate of drug-likeness (QED) is 0.695. The van der Waals surface area contributed by atoms with E-state index in [1.165, 1.54) is 7.11 Å². The van der Waals surface area contributed by atoms with Gasteiger partial charge in [0.05, 0.1) is 18.9 Å². The number of carboxylic acid groups (broad SMARTS) is 1. The van der Waals surface area contributed by atoms with Crippen LogP contribution >= 0.6 is 0 Å². The van der Waals surface area contributed by atoms with E-state index in [2.05, 4.69) is 4.74 Å². The van der Waals surface area contributed by atoms with Gasteiger partial charge in [-0.2, -0.15) is 0 Å². The number of rotatable bonds is 4. The fourth-order valence-corrected chi connectivity index (χ4v) is 2.51. The monoisotopic (exact) mass is 200 g/mol. The lowest BCUT2D eigenvalue weighted by Gasteiger charge is -2.10. The highest BCUT2D eigenvalue weighted by molar-refractivity contribution is 5.88. The van der Waals surface area contributed by atoms with Gasteiger partial charge < -0.3 is 9.84 Å². The number of hydrogen-bond acceptors (Lipinski definition) is 3. The SMILES string of the molecule is CCC1(CC)[C@H](C(=O)OC)[C@@H]1C(=O)O. The molecule has 1 N–H and O–H groups in total. The van der Waals surface area contributed by atoms with E-state index in [1.807, 2.05) is 13.8 Å². The van der Waals surface area contributed by atoms with Gasteiger partial charge in [-0.3, -0.25) is 9.59 Å². The lowest BCUT2D eigenvalue weighted by Crippen LogP contribution is -2.10. The number of carboxylic acids is 1. The molecule has 4 heteroatoms. The van der Waals surface area contributed by atoms with Gasteiger partial charge in [-0.1, -0.05) is 13.8 Å². The van der Waals surface area contributed by atoms with Crippen LogP contribution in [0.4, 0.5) is 0 Å². The van der Waals surface area contributed by atoms with E-state index in [4.69, 9.17) is 5.11 Å². The molecule has 0 amide bonds. The number of carbonyl (C=O) groups is 2. The predicted molar refractivity (Wildman–Crippen MR) is 49.6 cm³/mol. The molecular formula is C10H16O4. The maximum atomic E-state index is 11.3. The van der Waals surface area contributed by atoms with Gasteiger partial charge in [-0.25, -0.2) is 0 Å². The number of ether oxygens (including phenoxy) is 1. The van der Waals surface area contributed by atoms with Crippen LogP contribution in [-0.4, -0.2) is 24.2 Å². The summed E-state index contributed by atoms with van der Waals surface area (Å²) in [6.07, 6.45) is 1.42. The van der Waals surface area contributed by atoms with Crippen molar-refractivity contribution in [3.63, 3.8) is 0 Å². The largest absolute Gasteiger partial charge is 0.481 e. The molecule has 0 heterocycles. The lowest BCUT2D eigenvalue weighted by molar-refractivity contribution is -0.146. The van der Waals surface area contributed by atoms with E-state index in [9.17, 15) is 9.59 Å². The summed E-state index contributed by atoms with van der Waals surface area (Å²) in [4.78, 5) is 22.3. The highest BCUT2D eigenvalue weighted by Crippen LogP contribution is 2.63. The molecule has 0 aromatic heterocycles. The van der Waals surface area contributed by atoms with Crippen LogP contribution in [0.2, 0.25) is 0 Å². The second kappa shape index (κ2) is 3.59. The molecule has 0 aliphatic heterocycles. The van der Waals surface area contributed by atoms with Crippen LogP contribution in [-0.2, 0) is 14.3 Å². The van der Waals surface area contributed by atoms with Gasteiger partial charge in [0.25, 0.3) is 0 Å². The van der Waals surface area contributed by atoms with Crippen LogP contribution < -0.4 is 0 Å². The van der Waals surface area contributed by atoms with Crippen molar-refractivity contribution in [1.82, 2.24) is 0 Å². The third kappa shape index (κ3) is 1.29. The van der Waals surface area contributed by atoms with Crippen molar-refractivity contribution < 1.29 is 19.4 Å². The molecule has 14 heavy (non-hydrogen) atoms. The summed E-state index contributed by atoms with van der Waals surface area (Å²) in [5.74, 6) is -2.27. The first-order chi connectivity index (χ1) is 6.55. The smallest absolute Gasteiger partial charge is 0.310 e. The zero-order valence-corrected chi connectivity index (χ0v) is 8.74. The molecule has 2 atom stereocenters. The molecule has 1 aliphatic carbocycles. The topological polar surface area (TPSA) is 63.6 Å². The van der Waals surface area contributed by atoms with Gasteiger partial charge in [0.1, 0.15) is 0 Å². The molecule has 1 aliphatic rings. The highest BCUT2D eigenvalue weighted by atomic mass is 16.5. The summed E-state index contributed by atoms with van der Waals surface area (Å²) in [5.41, 5.74) is -0.362. The summed E-state index contributed by atoms with van der Waals surface area (Å²) in [7, 11) is 1.30. The van der Waals surface area contributed by atoms with Crippen LogP contribution in [0.15, 0.2) is 0 Å². The Morgan fingerprint density at radius 2 is 1.79 bits per heavy atom. The minimum Gasteiger partial charge on any atom is -0.481 e. The van der Waals surface area contributed by atoms with Gasteiger partial charge in [0.15, 0.2) is 0 Å². The Morgan fingerprint density at radius 3 is 2.00 bits per heavy atom. The maximum Gasteiger partial charge on any atom is 0.310 e. The van der Waals surface area contributed by atoms with Crippen molar-refractivity contribution in [3.05, 3.63) is 0 Å². The second-order valence-electron chi connectivity index (χ2n) is 3.76. The normalized spacial score (nSPS) is 28.2. The zero-order valence-electron chi connectivity index (χ0n) is 8.74. The van der Waals surface area contributed by atoms with Crippen molar-refractivity contribution in [2.45, 2.75) is 26.7 Å². The van der Waals surface area contributed by atoms with Crippen molar-refractivity contribution in [3.8, 4) is 0 Å². The molecule has 1 fully saturated rings. The Hall–Kier alpha value is -1.06. The Labute approximate surface area is 83.2 Å². The molecule has 0 radical (unpaired) electrons. The van der Waals surface area contributed by atoms with Crippen LogP contribution in [0.1, 0.15) is 26.7 Å². The number of esters is 1. The first-order valence-corrected chi connectivity index (χ1v) is 4.85. The van der Waals surface area contributed by atoms with Crippen molar-refractivity contribution in [2.24, 2.45) is 17.3 Å². The molecule has 0 spiro atoms. The van der Waals surface area contributed by atoms with E-state index < -0.39 is 17.8 Å². The Morgan fingerprint density at radius 1 is 1.29 bits per heavy atom. The Bertz CT molecular complexity index is 255. The van der Waals surface area contributed by atoms with Gasteiger partial charge in [-0.05, 0) is 18.3 Å². The lowest BCUT2D eigenvalue weighted by atomic mass is 9.95. The van der Waals surface area contributed by atoms with Gasteiger partial charge in [0.2, 0.25) is 0 Å². The zero-order chi connectivity index (χ0) is 10.9. The first-order valence-electron chi connectivity index (χ1n) is 4.85. The summed E-state index contributed by atoms with van der Waals surface area (Å²) in [5, 5.41) is 8.96. The molecule has 0 bridgehead atoms. The molecule has 0 saturated heterocycles. The number of aliphatic carboxylic acids is 1. The summed E-state index contributed by atoms with van der Waals surface area (Å²) in [6.45, 7) is 3.84. The molecule has 80 valence electrons. The van der Waals surface area contributed by atoms with Crippen molar-refractivity contribution in [1.29, 1.82) is 0 Å². The van der Waals surface area contributed by atoms with Gasteiger partial charge in [0, 0.05) is 0 Å². The van der Waals surface area contributed by atoms with E-state index >= 15 is 0 Å². The number of methoxy groups -OCH3 is 1. The van der Waals surface area contributed by atoms with Gasteiger partial charge in [-0.15, -0.1) is 0 Å². The van der Waals surface area contributed by atoms with Crippen LogP contribution in [0.25, 0.3) is 0 Å². The average molecular weight is 200 g/mol. The average Bonchev–Trinajstić information content (AvgIpc) is 2.86. The minimum absolute atomic E-state index is 0.362. The third-order valence-electron chi connectivity index (χ3n) is 3.50. The minimum atomic E-state index is -0.885. The molecule has 1 rings (SSSR count). The van der Waals surface area contributed by atoms with Crippen LogP contribution in [0.3, 0.4) is 0 Å². The summed E-state index contributed by atoms with van der Waals surface area (Å²) < 4.78 is 4.61. The molecular weight excluding hydrogens is 184 g/mol. The Balaban J connectivity index is 2.87. The van der Waals surface area contributed by atoms with E-state index in [-0.39, 0.29) is 11.4 Å². The van der Waals surface area contributed by atoms with Crippen LogP contribution in [0, 0.1) is 17.3 Å². The fourth-order valence-electron chi connectivity index (χ4n) is 2.51. The number of carbonyl (C=O) groups excluding carboxylic acids is 1. The van der Waals surface area contributed by atoms with E-state index in [0.29, 0.717) is 12.8 Å². The molecule has 0 unspecified atom stereocenters. The fraction of sp³-hybridized carbons (Fsp3) is 0.800. The summed E-state index contributed by atoms with van der Waals surface area (Å²) >= 11 is 0. The molecule has 0 aromatic carbocycles. The van der Waals surface area contributed by atoms with E-state index in [1.54, 1.807) is 0 Å². The molecule has 4 nitrogen and oxygen atoms in total. The second-order valence-corrected chi connectivity index (χ2v) is 3.76. The molecule has 1 saturated carbocycles. The Kier molecular flexibility index (Phi) is 2.83. The van der Waals surface area contributed by atoms with Crippen LogP contribution in [0.5, 0.6) is 0 Å². The first kappa shape index (κ1) is 11.0. The maximum absolute atomic E-state index is 11.3. The van der Waals surface area contributed by atoms with Crippen molar-refractivity contribution in [2.75, 3.05) is 7.11 Å². The van der Waals surface area contributed by atoms with Gasteiger partial charge >= 0.3 is 11.9 Å². The number of hydrogen-bond donors (Lipinski definition) is 1. The standard InChI is InChI=1S/C10H16O4/c1-4-10(5-2)6(8(11)12)7(10)9(13)14-3/h6-7H,4-5H2,1-3H3,(H,11,12)/t6-,7+/m1/s1. The summed E-state index contributed by atoms with van der Waals surface area (Å²) in [6, 6.07) is 0. The predicted octanol–water partition coefficient (Wildman–Crippen LogP) is 1.30. The third-order valence-corrected chi connectivity index (χ3v) is 3.50. The van der Waals surface area contributed by atoms with Crippen molar-refractivity contribution >= 4 is 11.9 Å².